The highest BCUT2D eigenvalue weighted by Crippen LogP contribution is 2.71. The standard InChI is InChI=1S/C26H31ClN6O2/c1-24(15-35-16-24)31-5-3-17(4-6-31)20-8-22-18(7-21(20)27)9-30-33(22)19-10-29-32(11-19)26-12-25(13-26,14-26)23(34)28-2/h7-11,17H,3-6,12-16H2,1-2H3,(H,28,34). The van der Waals surface area contributed by atoms with E-state index in [1.54, 1.807) is 7.05 Å². The lowest BCUT2D eigenvalue weighted by atomic mass is 9.39. The second-order valence-electron chi connectivity index (χ2n) is 11.5. The van der Waals surface area contributed by atoms with Gasteiger partial charge in [0.15, 0.2) is 0 Å². The molecule has 3 saturated carbocycles. The van der Waals surface area contributed by atoms with Crippen LogP contribution in [-0.2, 0) is 15.1 Å². The van der Waals surface area contributed by atoms with Crippen molar-refractivity contribution in [2.45, 2.75) is 56.0 Å². The summed E-state index contributed by atoms with van der Waals surface area (Å²) in [7, 11) is 1.72. The van der Waals surface area contributed by atoms with Gasteiger partial charge in [0.2, 0.25) is 5.91 Å². The third-order valence-electron chi connectivity index (χ3n) is 9.22. The second-order valence-corrected chi connectivity index (χ2v) is 11.9. The van der Waals surface area contributed by atoms with Gasteiger partial charge >= 0.3 is 0 Å². The first-order valence-electron chi connectivity index (χ1n) is 12.6. The molecule has 3 aliphatic carbocycles. The summed E-state index contributed by atoms with van der Waals surface area (Å²) < 4.78 is 9.50. The fourth-order valence-electron chi connectivity index (χ4n) is 7.06. The van der Waals surface area contributed by atoms with E-state index in [2.05, 4.69) is 50.3 Å². The molecule has 2 bridgehead atoms. The zero-order chi connectivity index (χ0) is 24.0. The van der Waals surface area contributed by atoms with Gasteiger partial charge in [0.1, 0.15) is 5.69 Å². The first kappa shape index (κ1) is 21.8. The normalized spacial score (nSPS) is 29.9. The summed E-state index contributed by atoms with van der Waals surface area (Å²) in [5, 5.41) is 14.0. The number of rotatable bonds is 5. The number of ether oxygens (including phenoxy) is 1. The molecule has 0 spiro atoms. The number of halogens is 1. The van der Waals surface area contributed by atoms with E-state index in [0.29, 0.717) is 5.92 Å². The predicted octanol–water partition coefficient (Wildman–Crippen LogP) is 3.47. The molecule has 35 heavy (non-hydrogen) atoms. The number of hydrogen-bond donors (Lipinski definition) is 1. The van der Waals surface area contributed by atoms with Crippen LogP contribution in [0.1, 0.15) is 50.5 Å². The molecule has 5 aliphatic rings. The fraction of sp³-hybridized carbons (Fsp3) is 0.577. The molecule has 3 aromatic rings. The van der Waals surface area contributed by atoms with Crippen molar-refractivity contribution >= 4 is 28.4 Å². The number of likely N-dealkylation sites (tertiary alicyclic amines) is 1. The van der Waals surface area contributed by atoms with Gasteiger partial charge in [-0.2, -0.15) is 10.2 Å². The number of hydrogen-bond acceptors (Lipinski definition) is 5. The number of aromatic nitrogens is 4. The highest BCUT2D eigenvalue weighted by molar-refractivity contribution is 6.32. The van der Waals surface area contributed by atoms with Gasteiger partial charge in [-0.25, -0.2) is 4.68 Å². The number of nitrogens with zero attached hydrogens (tertiary/aromatic N) is 5. The molecule has 2 saturated heterocycles. The lowest BCUT2D eigenvalue weighted by Crippen LogP contribution is -2.72. The first-order chi connectivity index (χ1) is 16.8. The molecule has 1 amide bonds. The van der Waals surface area contributed by atoms with Crippen LogP contribution in [0.25, 0.3) is 16.6 Å². The van der Waals surface area contributed by atoms with Crippen LogP contribution in [0.15, 0.2) is 30.7 Å². The number of piperidine rings is 1. The molecule has 4 heterocycles. The lowest BCUT2D eigenvalue weighted by molar-refractivity contribution is -0.200. The third kappa shape index (κ3) is 3.02. The molecule has 2 aliphatic heterocycles. The van der Waals surface area contributed by atoms with Crippen molar-refractivity contribution in [1.82, 2.24) is 29.8 Å². The Morgan fingerprint density at radius 2 is 1.89 bits per heavy atom. The molecule has 1 aromatic carbocycles. The van der Waals surface area contributed by atoms with Crippen molar-refractivity contribution in [3.63, 3.8) is 0 Å². The minimum atomic E-state index is -0.177. The molecule has 0 unspecified atom stereocenters. The van der Waals surface area contributed by atoms with Crippen LogP contribution in [0.4, 0.5) is 0 Å². The Bertz CT molecular complexity index is 1310. The summed E-state index contributed by atoms with van der Waals surface area (Å²) in [6, 6.07) is 4.29. The van der Waals surface area contributed by atoms with Gasteiger partial charge in [-0.3, -0.25) is 14.4 Å². The smallest absolute Gasteiger partial charge is 0.226 e. The molecule has 9 heteroatoms. The molecule has 184 valence electrons. The van der Waals surface area contributed by atoms with Crippen molar-refractivity contribution in [2.75, 3.05) is 33.4 Å². The van der Waals surface area contributed by atoms with E-state index in [1.165, 1.54) is 5.56 Å². The Morgan fingerprint density at radius 1 is 1.14 bits per heavy atom. The molecular weight excluding hydrogens is 464 g/mol. The maximum Gasteiger partial charge on any atom is 0.226 e. The van der Waals surface area contributed by atoms with Crippen LogP contribution in [0.2, 0.25) is 5.02 Å². The van der Waals surface area contributed by atoms with Gasteiger partial charge < -0.3 is 10.1 Å². The summed E-state index contributed by atoms with van der Waals surface area (Å²) in [6.07, 6.45) is 10.6. The summed E-state index contributed by atoms with van der Waals surface area (Å²) in [4.78, 5) is 14.7. The zero-order valence-electron chi connectivity index (χ0n) is 20.3. The maximum absolute atomic E-state index is 12.2. The van der Waals surface area contributed by atoms with Crippen LogP contribution in [0.3, 0.4) is 0 Å². The number of amides is 1. The van der Waals surface area contributed by atoms with E-state index in [1.807, 2.05) is 17.1 Å². The third-order valence-corrected chi connectivity index (χ3v) is 9.55. The Hall–Kier alpha value is -2.42. The van der Waals surface area contributed by atoms with Crippen LogP contribution in [0.5, 0.6) is 0 Å². The van der Waals surface area contributed by atoms with E-state index in [-0.39, 0.29) is 22.4 Å². The molecule has 8 rings (SSSR count). The van der Waals surface area contributed by atoms with E-state index >= 15 is 0 Å². The van der Waals surface area contributed by atoms with Gasteiger partial charge in [0.25, 0.3) is 0 Å². The van der Waals surface area contributed by atoms with Crippen LogP contribution in [-0.4, -0.2) is 69.3 Å². The number of nitrogens with one attached hydrogen (secondary N) is 1. The summed E-state index contributed by atoms with van der Waals surface area (Å²) >= 11 is 6.78. The van der Waals surface area contributed by atoms with E-state index in [4.69, 9.17) is 16.3 Å². The van der Waals surface area contributed by atoms with Crippen LogP contribution >= 0.6 is 11.6 Å². The van der Waals surface area contributed by atoms with Crippen molar-refractivity contribution in [3.05, 3.63) is 41.3 Å². The van der Waals surface area contributed by atoms with Gasteiger partial charge in [0.05, 0.1) is 53.8 Å². The zero-order valence-corrected chi connectivity index (χ0v) is 21.0. The highest BCUT2D eigenvalue weighted by Gasteiger charge is 2.73. The summed E-state index contributed by atoms with van der Waals surface area (Å²) in [5.41, 5.74) is 3.24. The number of benzene rings is 1. The fourth-order valence-corrected chi connectivity index (χ4v) is 7.38. The second kappa shape index (κ2) is 7.31. The van der Waals surface area contributed by atoms with Gasteiger partial charge in [-0.15, -0.1) is 0 Å². The van der Waals surface area contributed by atoms with Crippen molar-refractivity contribution in [2.24, 2.45) is 5.41 Å². The average Bonchev–Trinajstić information content (AvgIpc) is 3.42. The molecule has 0 radical (unpaired) electrons. The van der Waals surface area contributed by atoms with Crippen molar-refractivity contribution in [3.8, 4) is 5.69 Å². The Morgan fingerprint density at radius 3 is 2.54 bits per heavy atom. The maximum atomic E-state index is 12.2. The van der Waals surface area contributed by atoms with Gasteiger partial charge in [-0.05, 0) is 75.7 Å². The molecule has 8 nitrogen and oxygen atoms in total. The number of carbonyl (C=O) groups excluding carboxylic acids is 1. The minimum Gasteiger partial charge on any atom is -0.377 e. The predicted molar refractivity (Wildman–Crippen MR) is 133 cm³/mol. The van der Waals surface area contributed by atoms with Gasteiger partial charge in [0, 0.05) is 17.5 Å². The molecule has 0 atom stereocenters. The molecule has 5 fully saturated rings. The molecule has 2 aromatic heterocycles. The van der Waals surface area contributed by atoms with E-state index < -0.39 is 0 Å². The SMILES string of the molecule is CNC(=O)C12CC(n3cc(-n4ncc5cc(Cl)c(C6CCN(C7(C)COC7)CC6)cc54)cn3)(C1)C2. The monoisotopic (exact) mass is 494 g/mol. The quantitative estimate of drug-likeness (QED) is 0.587. The van der Waals surface area contributed by atoms with Crippen LogP contribution < -0.4 is 5.32 Å². The Kier molecular flexibility index (Phi) is 4.56. The van der Waals surface area contributed by atoms with Gasteiger partial charge in [-0.1, -0.05) is 11.6 Å². The average molecular weight is 495 g/mol. The highest BCUT2D eigenvalue weighted by atomic mass is 35.5. The topological polar surface area (TPSA) is 77.2 Å². The number of carbonyl (C=O) groups is 1. The molecular formula is C26H31ClN6O2. The Labute approximate surface area is 209 Å². The van der Waals surface area contributed by atoms with Crippen molar-refractivity contribution < 1.29 is 9.53 Å². The number of fused-ring (bicyclic) bond motifs is 1. The summed E-state index contributed by atoms with van der Waals surface area (Å²) in [6.45, 7) is 6.13. The van der Waals surface area contributed by atoms with E-state index in [0.717, 1.165) is 80.0 Å². The lowest BCUT2D eigenvalue weighted by Gasteiger charge is -2.68. The largest absolute Gasteiger partial charge is 0.377 e. The molecule has 1 N–H and O–H groups in total. The Balaban J connectivity index is 1.13. The minimum absolute atomic E-state index is 0.0156. The van der Waals surface area contributed by atoms with Crippen LogP contribution in [0, 0.1) is 5.41 Å². The first-order valence-corrected chi connectivity index (χ1v) is 13.0. The van der Waals surface area contributed by atoms with Crippen molar-refractivity contribution in [1.29, 1.82) is 0 Å². The summed E-state index contributed by atoms with van der Waals surface area (Å²) in [5.74, 6) is 0.607. The van der Waals surface area contributed by atoms with E-state index in [9.17, 15) is 4.79 Å².